The second kappa shape index (κ2) is 6.92. The summed E-state index contributed by atoms with van der Waals surface area (Å²) in [7, 11) is 0. The van der Waals surface area contributed by atoms with Gasteiger partial charge < -0.3 is 11.1 Å². The predicted molar refractivity (Wildman–Crippen MR) is 61.3 cm³/mol. The Kier molecular flexibility index (Phi) is 5.75. The minimum atomic E-state index is 0.286. The van der Waals surface area contributed by atoms with Crippen molar-refractivity contribution in [2.75, 3.05) is 6.54 Å². The fourth-order valence-corrected chi connectivity index (χ4v) is 1.84. The van der Waals surface area contributed by atoms with Gasteiger partial charge in [0.25, 0.3) is 0 Å². The van der Waals surface area contributed by atoms with Gasteiger partial charge in [-0.1, -0.05) is 19.8 Å². The van der Waals surface area contributed by atoms with Crippen LogP contribution in [0.1, 0.15) is 31.9 Å². The molecule has 0 aromatic carbocycles. The molecular formula is C10H19N3S. The van der Waals surface area contributed by atoms with E-state index >= 15 is 0 Å². The first-order valence-corrected chi connectivity index (χ1v) is 6.10. The van der Waals surface area contributed by atoms with Gasteiger partial charge in [0.05, 0.1) is 11.2 Å². The van der Waals surface area contributed by atoms with E-state index in [2.05, 4.69) is 22.6 Å². The Morgan fingerprint density at radius 3 is 3.14 bits per heavy atom. The normalized spacial score (nSPS) is 13.0. The van der Waals surface area contributed by atoms with Crippen molar-refractivity contribution in [1.29, 1.82) is 0 Å². The molecular weight excluding hydrogens is 194 g/mol. The molecule has 3 N–H and O–H groups in total. The third kappa shape index (κ3) is 4.69. The van der Waals surface area contributed by atoms with E-state index in [1.54, 1.807) is 11.3 Å². The Bertz CT molecular complexity index is 223. The summed E-state index contributed by atoms with van der Waals surface area (Å²) in [6.07, 6.45) is 3.56. The van der Waals surface area contributed by atoms with Crippen molar-refractivity contribution in [2.45, 2.75) is 38.8 Å². The van der Waals surface area contributed by atoms with E-state index in [4.69, 9.17) is 5.73 Å². The molecule has 1 heterocycles. The summed E-state index contributed by atoms with van der Waals surface area (Å²) >= 11 is 1.63. The number of nitrogens with zero attached hydrogens (tertiary/aromatic N) is 1. The summed E-state index contributed by atoms with van der Waals surface area (Å²) in [4.78, 5) is 4.19. The number of hydrogen-bond acceptors (Lipinski definition) is 4. The Labute approximate surface area is 89.7 Å². The zero-order valence-electron chi connectivity index (χ0n) is 8.70. The molecule has 14 heavy (non-hydrogen) atoms. The SMILES string of the molecule is CCCCC(N)CNCc1cscn1. The maximum absolute atomic E-state index is 5.92. The van der Waals surface area contributed by atoms with Crippen LogP contribution in [0.25, 0.3) is 0 Å². The van der Waals surface area contributed by atoms with Gasteiger partial charge >= 0.3 is 0 Å². The lowest BCUT2D eigenvalue weighted by atomic mass is 10.1. The highest BCUT2D eigenvalue weighted by Gasteiger charge is 2.01. The smallest absolute Gasteiger partial charge is 0.0795 e. The number of nitrogens with one attached hydrogen (secondary N) is 1. The molecule has 0 fully saturated rings. The monoisotopic (exact) mass is 213 g/mol. The molecule has 1 aromatic rings. The molecule has 0 saturated heterocycles. The summed E-state index contributed by atoms with van der Waals surface area (Å²) in [6, 6.07) is 0.286. The first-order chi connectivity index (χ1) is 6.83. The average Bonchev–Trinajstić information content (AvgIpc) is 2.67. The van der Waals surface area contributed by atoms with Gasteiger partial charge in [0.2, 0.25) is 0 Å². The van der Waals surface area contributed by atoms with E-state index in [1.807, 2.05) is 5.51 Å². The fourth-order valence-electron chi connectivity index (χ4n) is 1.28. The fraction of sp³-hybridized carbons (Fsp3) is 0.700. The van der Waals surface area contributed by atoms with Gasteiger partial charge in [-0.05, 0) is 6.42 Å². The summed E-state index contributed by atoms with van der Waals surface area (Å²) in [5.41, 5.74) is 8.88. The number of unbranched alkanes of at least 4 members (excludes halogenated alkanes) is 1. The molecule has 1 aromatic heterocycles. The second-order valence-electron chi connectivity index (χ2n) is 3.51. The van der Waals surface area contributed by atoms with Gasteiger partial charge in [0, 0.05) is 24.5 Å². The summed E-state index contributed by atoms with van der Waals surface area (Å²) < 4.78 is 0. The highest BCUT2D eigenvalue weighted by Crippen LogP contribution is 2.00. The van der Waals surface area contributed by atoms with E-state index < -0.39 is 0 Å². The lowest BCUT2D eigenvalue weighted by Crippen LogP contribution is -2.33. The molecule has 0 amide bonds. The van der Waals surface area contributed by atoms with Crippen molar-refractivity contribution < 1.29 is 0 Å². The number of nitrogens with two attached hydrogens (primary N) is 1. The second-order valence-corrected chi connectivity index (χ2v) is 4.23. The summed E-state index contributed by atoms with van der Waals surface area (Å²) in [5, 5.41) is 5.38. The van der Waals surface area contributed by atoms with Crippen molar-refractivity contribution in [2.24, 2.45) is 5.73 Å². The minimum absolute atomic E-state index is 0.286. The molecule has 1 rings (SSSR count). The molecule has 1 unspecified atom stereocenters. The molecule has 80 valence electrons. The lowest BCUT2D eigenvalue weighted by Gasteiger charge is -2.11. The third-order valence-corrected chi connectivity index (χ3v) is 2.76. The molecule has 0 spiro atoms. The first-order valence-electron chi connectivity index (χ1n) is 5.16. The van der Waals surface area contributed by atoms with Crippen molar-refractivity contribution in [1.82, 2.24) is 10.3 Å². The highest BCUT2D eigenvalue weighted by molar-refractivity contribution is 7.07. The van der Waals surface area contributed by atoms with Crippen molar-refractivity contribution in [3.63, 3.8) is 0 Å². The van der Waals surface area contributed by atoms with Crippen LogP contribution in [0.4, 0.5) is 0 Å². The predicted octanol–water partition coefficient (Wildman–Crippen LogP) is 1.75. The van der Waals surface area contributed by atoms with E-state index in [-0.39, 0.29) is 6.04 Å². The Morgan fingerprint density at radius 2 is 2.50 bits per heavy atom. The van der Waals surface area contributed by atoms with Crippen LogP contribution in [0.2, 0.25) is 0 Å². The van der Waals surface area contributed by atoms with Gasteiger partial charge in [0.1, 0.15) is 0 Å². The van der Waals surface area contributed by atoms with Crippen LogP contribution in [0.3, 0.4) is 0 Å². The number of thiazole rings is 1. The standard InChI is InChI=1S/C10H19N3S/c1-2-3-4-9(11)5-12-6-10-7-14-8-13-10/h7-9,12H,2-6,11H2,1H3. The van der Waals surface area contributed by atoms with E-state index in [0.29, 0.717) is 0 Å². The summed E-state index contributed by atoms with van der Waals surface area (Å²) in [6.45, 7) is 3.91. The number of hydrogen-bond donors (Lipinski definition) is 2. The summed E-state index contributed by atoms with van der Waals surface area (Å²) in [5.74, 6) is 0. The molecule has 0 aliphatic heterocycles. The van der Waals surface area contributed by atoms with Crippen molar-refractivity contribution >= 4 is 11.3 Å². The molecule has 0 aliphatic carbocycles. The lowest BCUT2D eigenvalue weighted by molar-refractivity contribution is 0.522. The van der Waals surface area contributed by atoms with Gasteiger partial charge in [-0.2, -0.15) is 0 Å². The number of rotatable bonds is 7. The van der Waals surface area contributed by atoms with E-state index in [0.717, 1.165) is 25.2 Å². The maximum Gasteiger partial charge on any atom is 0.0795 e. The first kappa shape index (κ1) is 11.6. The quantitative estimate of drug-likeness (QED) is 0.725. The van der Waals surface area contributed by atoms with Crippen molar-refractivity contribution in [3.8, 4) is 0 Å². The Morgan fingerprint density at radius 1 is 1.64 bits per heavy atom. The third-order valence-electron chi connectivity index (χ3n) is 2.12. The largest absolute Gasteiger partial charge is 0.327 e. The van der Waals surface area contributed by atoms with E-state index in [1.165, 1.54) is 12.8 Å². The average molecular weight is 213 g/mol. The molecule has 3 nitrogen and oxygen atoms in total. The molecule has 4 heteroatoms. The zero-order chi connectivity index (χ0) is 10.2. The van der Waals surface area contributed by atoms with Gasteiger partial charge in [-0.25, -0.2) is 4.98 Å². The van der Waals surface area contributed by atoms with Crippen LogP contribution in [0, 0.1) is 0 Å². The highest BCUT2D eigenvalue weighted by atomic mass is 32.1. The van der Waals surface area contributed by atoms with Crippen LogP contribution in [0.15, 0.2) is 10.9 Å². The van der Waals surface area contributed by atoms with Crippen molar-refractivity contribution in [3.05, 3.63) is 16.6 Å². The van der Waals surface area contributed by atoms with Crippen LogP contribution < -0.4 is 11.1 Å². The van der Waals surface area contributed by atoms with Gasteiger partial charge in [0.15, 0.2) is 0 Å². The minimum Gasteiger partial charge on any atom is -0.327 e. The molecule has 0 bridgehead atoms. The van der Waals surface area contributed by atoms with Crippen LogP contribution in [-0.2, 0) is 6.54 Å². The maximum atomic E-state index is 5.92. The molecule has 0 aliphatic rings. The van der Waals surface area contributed by atoms with Crippen LogP contribution >= 0.6 is 11.3 Å². The molecule has 0 saturated carbocycles. The number of aromatic nitrogens is 1. The molecule has 0 radical (unpaired) electrons. The Hall–Kier alpha value is -0.450. The van der Waals surface area contributed by atoms with E-state index in [9.17, 15) is 0 Å². The van der Waals surface area contributed by atoms with Gasteiger partial charge in [-0.3, -0.25) is 0 Å². The van der Waals surface area contributed by atoms with Crippen LogP contribution in [0.5, 0.6) is 0 Å². The van der Waals surface area contributed by atoms with Gasteiger partial charge in [-0.15, -0.1) is 11.3 Å². The Balaban J connectivity index is 2.03. The zero-order valence-corrected chi connectivity index (χ0v) is 9.52. The van der Waals surface area contributed by atoms with Crippen LogP contribution in [-0.4, -0.2) is 17.6 Å². The molecule has 1 atom stereocenters. The topological polar surface area (TPSA) is 50.9 Å².